The number of halogens is 1. The zero-order valence-corrected chi connectivity index (χ0v) is 3.85. The SMILES string of the molecule is OC1(F)CCOC1. The third-order valence-corrected chi connectivity index (χ3v) is 0.953. The Morgan fingerprint density at radius 1 is 1.71 bits per heavy atom. The van der Waals surface area contributed by atoms with Gasteiger partial charge in [0.05, 0.1) is 6.61 Å². The second-order valence-corrected chi connectivity index (χ2v) is 1.72. The number of hydrogen-bond acceptors (Lipinski definition) is 2. The van der Waals surface area contributed by atoms with Gasteiger partial charge in [0, 0.05) is 6.42 Å². The van der Waals surface area contributed by atoms with Gasteiger partial charge in [-0.15, -0.1) is 0 Å². The first kappa shape index (κ1) is 5.00. The van der Waals surface area contributed by atoms with E-state index in [1.165, 1.54) is 0 Å². The van der Waals surface area contributed by atoms with Crippen LogP contribution in [0.2, 0.25) is 0 Å². The highest BCUT2D eigenvalue weighted by Gasteiger charge is 2.30. The third-order valence-electron chi connectivity index (χ3n) is 0.953. The van der Waals surface area contributed by atoms with E-state index in [1.807, 2.05) is 0 Å². The normalized spacial score (nSPS) is 42.0. The Bertz CT molecular complexity index is 64.1. The summed E-state index contributed by atoms with van der Waals surface area (Å²) >= 11 is 0. The quantitative estimate of drug-likeness (QED) is 0.473. The van der Waals surface area contributed by atoms with Crippen LogP contribution in [0.5, 0.6) is 0 Å². The molecule has 0 radical (unpaired) electrons. The first-order valence-corrected chi connectivity index (χ1v) is 2.20. The van der Waals surface area contributed by atoms with Crippen molar-refractivity contribution in [3.63, 3.8) is 0 Å². The van der Waals surface area contributed by atoms with Gasteiger partial charge in [0.25, 0.3) is 0 Å². The topological polar surface area (TPSA) is 29.5 Å². The largest absolute Gasteiger partial charge is 0.375 e. The lowest BCUT2D eigenvalue weighted by Crippen LogP contribution is -2.20. The number of ether oxygens (including phenoxy) is 1. The summed E-state index contributed by atoms with van der Waals surface area (Å²) in [6.45, 7) is 0.181. The second-order valence-electron chi connectivity index (χ2n) is 1.72. The summed E-state index contributed by atoms with van der Waals surface area (Å²) < 4.78 is 16.6. The van der Waals surface area contributed by atoms with Crippen molar-refractivity contribution in [1.29, 1.82) is 0 Å². The summed E-state index contributed by atoms with van der Waals surface area (Å²) in [6.07, 6.45) is 0.118. The highest BCUT2D eigenvalue weighted by Crippen LogP contribution is 2.18. The molecule has 1 unspecified atom stereocenters. The van der Waals surface area contributed by atoms with E-state index in [2.05, 4.69) is 4.74 Å². The first-order valence-electron chi connectivity index (χ1n) is 2.20. The Labute approximate surface area is 40.9 Å². The number of aliphatic hydroxyl groups is 1. The van der Waals surface area contributed by atoms with Crippen LogP contribution in [-0.4, -0.2) is 24.2 Å². The minimum absolute atomic E-state index is 0.118. The van der Waals surface area contributed by atoms with Crippen LogP contribution in [0.1, 0.15) is 6.42 Å². The van der Waals surface area contributed by atoms with Crippen LogP contribution in [0, 0.1) is 0 Å². The van der Waals surface area contributed by atoms with Gasteiger partial charge in [0.2, 0.25) is 5.85 Å². The van der Waals surface area contributed by atoms with Gasteiger partial charge in [-0.1, -0.05) is 0 Å². The van der Waals surface area contributed by atoms with E-state index in [0.717, 1.165) is 0 Å². The van der Waals surface area contributed by atoms with Gasteiger partial charge in [-0.25, -0.2) is 4.39 Å². The molecule has 42 valence electrons. The molecule has 7 heavy (non-hydrogen) atoms. The van der Waals surface area contributed by atoms with Gasteiger partial charge in [0.15, 0.2) is 0 Å². The summed E-state index contributed by atoms with van der Waals surface area (Å²) in [4.78, 5) is 0. The Hall–Kier alpha value is -0.150. The summed E-state index contributed by atoms with van der Waals surface area (Å²) in [5.74, 6) is -2.03. The first-order chi connectivity index (χ1) is 3.21. The molecule has 1 heterocycles. The van der Waals surface area contributed by atoms with Gasteiger partial charge in [-0.3, -0.25) is 0 Å². The molecular formula is C4H7FO2. The molecule has 2 nitrogen and oxygen atoms in total. The number of rotatable bonds is 0. The molecule has 3 heteroatoms. The van der Waals surface area contributed by atoms with Gasteiger partial charge in [0.1, 0.15) is 6.61 Å². The molecule has 0 saturated carbocycles. The summed E-state index contributed by atoms with van der Waals surface area (Å²) in [5.41, 5.74) is 0. The lowest BCUT2D eigenvalue weighted by Gasteiger charge is -2.04. The maximum Gasteiger partial charge on any atom is 0.232 e. The monoisotopic (exact) mass is 106 g/mol. The van der Waals surface area contributed by atoms with Gasteiger partial charge < -0.3 is 9.84 Å². The van der Waals surface area contributed by atoms with E-state index >= 15 is 0 Å². The van der Waals surface area contributed by atoms with Gasteiger partial charge >= 0.3 is 0 Å². The maximum absolute atomic E-state index is 12.0. The van der Waals surface area contributed by atoms with Crippen molar-refractivity contribution < 1.29 is 14.2 Å². The van der Waals surface area contributed by atoms with Crippen molar-refractivity contribution in [3.05, 3.63) is 0 Å². The minimum atomic E-state index is -2.03. The number of alkyl halides is 1. The highest BCUT2D eigenvalue weighted by atomic mass is 19.2. The fourth-order valence-corrected chi connectivity index (χ4v) is 0.529. The fourth-order valence-electron chi connectivity index (χ4n) is 0.529. The van der Waals surface area contributed by atoms with Gasteiger partial charge in [-0.2, -0.15) is 0 Å². The van der Waals surface area contributed by atoms with Crippen LogP contribution in [0.3, 0.4) is 0 Å². The highest BCUT2D eigenvalue weighted by molar-refractivity contribution is 4.68. The van der Waals surface area contributed by atoms with Crippen molar-refractivity contribution in [2.75, 3.05) is 13.2 Å². The Morgan fingerprint density at radius 3 is 2.57 bits per heavy atom. The van der Waals surface area contributed by atoms with E-state index in [-0.39, 0.29) is 13.0 Å². The fraction of sp³-hybridized carbons (Fsp3) is 1.00. The van der Waals surface area contributed by atoms with E-state index in [0.29, 0.717) is 6.61 Å². The van der Waals surface area contributed by atoms with Crippen LogP contribution in [0.15, 0.2) is 0 Å². The molecule has 1 N–H and O–H groups in total. The molecule has 0 amide bonds. The zero-order valence-electron chi connectivity index (χ0n) is 3.85. The van der Waals surface area contributed by atoms with Gasteiger partial charge in [-0.05, 0) is 0 Å². The van der Waals surface area contributed by atoms with Crippen LogP contribution in [0.4, 0.5) is 4.39 Å². The smallest absolute Gasteiger partial charge is 0.232 e. The number of hydrogen-bond donors (Lipinski definition) is 1. The van der Waals surface area contributed by atoms with Crippen molar-refractivity contribution in [2.24, 2.45) is 0 Å². The molecule has 1 fully saturated rings. The van der Waals surface area contributed by atoms with E-state index in [9.17, 15) is 4.39 Å². The van der Waals surface area contributed by atoms with E-state index in [4.69, 9.17) is 5.11 Å². The lowest BCUT2D eigenvalue weighted by atomic mass is 10.3. The zero-order chi connectivity index (χ0) is 5.33. The Kier molecular flexibility index (Phi) is 1.01. The average Bonchev–Trinajstić information content (AvgIpc) is 1.84. The third kappa shape index (κ3) is 1.11. The molecule has 1 aliphatic heterocycles. The summed E-state index contributed by atoms with van der Waals surface area (Å²) in [6, 6.07) is 0. The minimum Gasteiger partial charge on any atom is -0.375 e. The van der Waals surface area contributed by atoms with Crippen molar-refractivity contribution in [2.45, 2.75) is 12.3 Å². The predicted molar refractivity (Wildman–Crippen MR) is 21.5 cm³/mol. The Morgan fingerprint density at radius 2 is 2.43 bits per heavy atom. The molecule has 1 aliphatic rings. The molecule has 1 atom stereocenters. The molecule has 1 saturated heterocycles. The van der Waals surface area contributed by atoms with E-state index < -0.39 is 5.85 Å². The van der Waals surface area contributed by atoms with Crippen molar-refractivity contribution >= 4 is 0 Å². The molecule has 0 spiro atoms. The van der Waals surface area contributed by atoms with Crippen molar-refractivity contribution in [1.82, 2.24) is 0 Å². The van der Waals surface area contributed by atoms with Crippen LogP contribution < -0.4 is 0 Å². The van der Waals surface area contributed by atoms with Crippen LogP contribution in [-0.2, 0) is 4.74 Å². The van der Waals surface area contributed by atoms with Crippen LogP contribution >= 0.6 is 0 Å². The lowest BCUT2D eigenvalue weighted by molar-refractivity contribution is -0.0879. The summed E-state index contributed by atoms with van der Waals surface area (Å²) in [5, 5.41) is 8.40. The molecule has 1 rings (SSSR count). The van der Waals surface area contributed by atoms with Crippen LogP contribution in [0.25, 0.3) is 0 Å². The standard InChI is InChI=1S/C4H7FO2/c5-4(6)1-2-7-3-4/h6H,1-3H2. The van der Waals surface area contributed by atoms with Crippen molar-refractivity contribution in [3.8, 4) is 0 Å². The average molecular weight is 106 g/mol. The van der Waals surface area contributed by atoms with E-state index in [1.54, 1.807) is 0 Å². The maximum atomic E-state index is 12.0. The molecule has 0 aromatic heterocycles. The second kappa shape index (κ2) is 1.42. The molecule has 0 aromatic rings. The summed E-state index contributed by atoms with van der Waals surface area (Å²) in [7, 11) is 0. The molecular weight excluding hydrogens is 99.0 g/mol. The molecule has 0 bridgehead atoms. The Balaban J connectivity index is 2.40. The predicted octanol–water partition coefficient (Wildman–Crippen LogP) is 0.0648. The molecule has 0 aromatic carbocycles. The molecule has 0 aliphatic carbocycles.